The van der Waals surface area contributed by atoms with Crippen molar-refractivity contribution < 1.29 is 19.5 Å². The van der Waals surface area contributed by atoms with E-state index in [-0.39, 0.29) is 5.75 Å². The number of hydrogen-bond donors (Lipinski definition) is 3. The molecule has 0 heterocycles. The summed E-state index contributed by atoms with van der Waals surface area (Å²) in [6, 6.07) is 6.11. The highest BCUT2D eigenvalue weighted by Gasteiger charge is 2.24. The van der Waals surface area contributed by atoms with Crippen LogP contribution in [0.3, 0.4) is 0 Å². The topological polar surface area (TPSA) is 113 Å². The number of nitrogen functional groups attached to an aromatic ring is 1. The van der Waals surface area contributed by atoms with E-state index in [9.17, 15) is 19.5 Å². The molecule has 8 heteroatoms. The number of nitrogens with two attached hydrogens (primary N) is 1. The Balaban J connectivity index is 2.57. The molecule has 7 nitrogen and oxygen atoms in total. The predicted octanol–water partition coefficient (Wildman–Crippen LogP) is 2.13. The molecule has 0 bridgehead atoms. The Bertz CT molecular complexity index is 536. The Morgan fingerprint density at radius 2 is 2.04 bits per heavy atom. The highest BCUT2D eigenvalue weighted by Crippen LogP contribution is 2.18. The van der Waals surface area contributed by atoms with Crippen LogP contribution in [-0.2, 0) is 9.59 Å². The quantitative estimate of drug-likeness (QED) is 0.289. The lowest BCUT2D eigenvalue weighted by Crippen LogP contribution is -2.52. The number of hydrogen-bond acceptors (Lipinski definition) is 5. The summed E-state index contributed by atoms with van der Waals surface area (Å²) in [5.74, 6) is -0.454. The summed E-state index contributed by atoms with van der Waals surface area (Å²) in [6.45, 7) is 1.94. The lowest BCUT2D eigenvalue weighted by atomic mass is 10.1. The van der Waals surface area contributed by atoms with Crippen LogP contribution in [0.25, 0.3) is 0 Å². The van der Waals surface area contributed by atoms with E-state index in [1.54, 1.807) is 24.3 Å². The number of aldehydes is 1. The lowest BCUT2D eigenvalue weighted by Gasteiger charge is -2.25. The summed E-state index contributed by atoms with van der Waals surface area (Å²) >= 11 is 1.25. The minimum Gasteiger partial charge on any atom is -0.464 e. The molecule has 1 aromatic rings. The molecule has 1 unspecified atom stereocenters. The van der Waals surface area contributed by atoms with Gasteiger partial charge in [0.2, 0.25) is 5.91 Å². The van der Waals surface area contributed by atoms with Crippen molar-refractivity contribution in [2.24, 2.45) is 0 Å². The van der Waals surface area contributed by atoms with Crippen LogP contribution in [0.4, 0.5) is 10.5 Å². The van der Waals surface area contributed by atoms with Gasteiger partial charge < -0.3 is 15.6 Å². The standard InChI is InChI=1S/C15H21N3O4S/c1-2-3-4-12(9-19)18(15(21)22)17-14(20)10-23-13-7-5-11(16)6-8-13/h5-9,12H,2-4,10,16H2,1H3,(H,17,20)(H,21,22). The first-order valence-corrected chi connectivity index (χ1v) is 8.21. The number of hydrazine groups is 1. The van der Waals surface area contributed by atoms with E-state index in [4.69, 9.17) is 5.73 Å². The normalized spacial score (nSPS) is 11.5. The molecular formula is C15H21N3O4S. The number of carboxylic acid groups (broad SMARTS) is 1. The van der Waals surface area contributed by atoms with Crippen LogP contribution in [0.1, 0.15) is 26.2 Å². The average Bonchev–Trinajstić information content (AvgIpc) is 2.53. The van der Waals surface area contributed by atoms with Gasteiger partial charge in [0, 0.05) is 10.6 Å². The van der Waals surface area contributed by atoms with E-state index in [1.165, 1.54) is 11.8 Å². The molecule has 4 N–H and O–H groups in total. The summed E-state index contributed by atoms with van der Waals surface area (Å²) in [4.78, 5) is 35.1. The zero-order valence-corrected chi connectivity index (χ0v) is 13.7. The zero-order chi connectivity index (χ0) is 17.2. The van der Waals surface area contributed by atoms with Crippen molar-refractivity contribution in [3.05, 3.63) is 24.3 Å². The molecule has 0 aliphatic heterocycles. The summed E-state index contributed by atoms with van der Waals surface area (Å²) < 4.78 is 0. The average molecular weight is 339 g/mol. The van der Waals surface area contributed by atoms with Gasteiger partial charge in [-0.2, -0.15) is 0 Å². The largest absolute Gasteiger partial charge is 0.464 e. The number of carbonyl (C=O) groups excluding carboxylic acids is 2. The van der Waals surface area contributed by atoms with Gasteiger partial charge in [0.1, 0.15) is 12.3 Å². The maximum absolute atomic E-state index is 11.9. The molecule has 1 rings (SSSR count). The molecular weight excluding hydrogens is 318 g/mol. The fourth-order valence-corrected chi connectivity index (χ4v) is 2.51. The molecule has 0 radical (unpaired) electrons. The van der Waals surface area contributed by atoms with Crippen LogP contribution in [-0.4, -0.2) is 40.2 Å². The third-order valence-corrected chi connectivity index (χ3v) is 4.06. The number of amides is 2. The second-order valence-electron chi connectivity index (χ2n) is 4.89. The van der Waals surface area contributed by atoms with Gasteiger partial charge in [-0.15, -0.1) is 11.8 Å². The maximum Gasteiger partial charge on any atom is 0.426 e. The van der Waals surface area contributed by atoms with E-state index in [1.807, 2.05) is 6.92 Å². The molecule has 126 valence electrons. The number of nitrogens with zero attached hydrogens (tertiary/aromatic N) is 1. The van der Waals surface area contributed by atoms with E-state index >= 15 is 0 Å². The van der Waals surface area contributed by atoms with Crippen LogP contribution < -0.4 is 11.2 Å². The fraction of sp³-hybridized carbons (Fsp3) is 0.400. The van der Waals surface area contributed by atoms with Gasteiger partial charge in [0.05, 0.1) is 5.75 Å². The predicted molar refractivity (Wildman–Crippen MR) is 89.0 cm³/mol. The maximum atomic E-state index is 11.9. The summed E-state index contributed by atoms with van der Waals surface area (Å²) in [6.07, 6.45) is 1.08. The molecule has 0 fully saturated rings. The first-order valence-electron chi connectivity index (χ1n) is 7.23. The highest BCUT2D eigenvalue weighted by atomic mass is 32.2. The number of unbranched alkanes of at least 4 members (excludes halogenated alkanes) is 1. The van der Waals surface area contributed by atoms with Crippen molar-refractivity contribution in [2.45, 2.75) is 37.1 Å². The fourth-order valence-electron chi connectivity index (χ4n) is 1.82. The van der Waals surface area contributed by atoms with Gasteiger partial charge in [-0.1, -0.05) is 19.8 Å². The van der Waals surface area contributed by atoms with Crippen LogP contribution in [0.15, 0.2) is 29.2 Å². The summed E-state index contributed by atoms with van der Waals surface area (Å²) in [7, 11) is 0. The highest BCUT2D eigenvalue weighted by molar-refractivity contribution is 8.00. The minimum absolute atomic E-state index is 0.0348. The number of rotatable bonds is 8. The van der Waals surface area contributed by atoms with E-state index in [2.05, 4.69) is 5.43 Å². The van der Waals surface area contributed by atoms with Crippen molar-refractivity contribution >= 4 is 35.7 Å². The van der Waals surface area contributed by atoms with Crippen LogP contribution in [0.2, 0.25) is 0 Å². The first-order chi connectivity index (χ1) is 11.0. The molecule has 1 atom stereocenters. The molecule has 0 spiro atoms. The van der Waals surface area contributed by atoms with E-state index < -0.39 is 18.0 Å². The molecule has 0 saturated heterocycles. The summed E-state index contributed by atoms with van der Waals surface area (Å²) in [5.41, 5.74) is 8.48. The smallest absolute Gasteiger partial charge is 0.426 e. The van der Waals surface area contributed by atoms with Crippen molar-refractivity contribution in [3.63, 3.8) is 0 Å². The van der Waals surface area contributed by atoms with Crippen molar-refractivity contribution in [3.8, 4) is 0 Å². The van der Waals surface area contributed by atoms with Gasteiger partial charge in [0.15, 0.2) is 0 Å². The Morgan fingerprint density at radius 1 is 1.39 bits per heavy atom. The molecule has 0 saturated carbocycles. The lowest BCUT2D eigenvalue weighted by molar-refractivity contribution is -0.125. The number of nitrogens with one attached hydrogen (secondary N) is 1. The SMILES string of the molecule is CCCCC(C=O)N(NC(=O)CSc1ccc(N)cc1)C(=O)O. The monoisotopic (exact) mass is 339 g/mol. The van der Waals surface area contributed by atoms with Crippen LogP contribution in [0, 0.1) is 0 Å². The Morgan fingerprint density at radius 3 is 2.57 bits per heavy atom. The van der Waals surface area contributed by atoms with E-state index in [0.717, 1.165) is 11.3 Å². The number of carbonyl (C=O) groups is 3. The second-order valence-corrected chi connectivity index (χ2v) is 5.94. The Kier molecular flexibility index (Phi) is 7.96. The third-order valence-electron chi connectivity index (χ3n) is 3.04. The van der Waals surface area contributed by atoms with Gasteiger partial charge >= 0.3 is 6.09 Å². The van der Waals surface area contributed by atoms with Gasteiger partial charge in [-0.05, 0) is 30.7 Å². The third kappa shape index (κ3) is 6.60. The van der Waals surface area contributed by atoms with Gasteiger partial charge in [-0.3, -0.25) is 10.2 Å². The molecule has 0 aliphatic rings. The van der Waals surface area contributed by atoms with Crippen LogP contribution >= 0.6 is 11.8 Å². The molecule has 1 aromatic carbocycles. The number of thioether (sulfide) groups is 1. The second kappa shape index (κ2) is 9.73. The van der Waals surface area contributed by atoms with Crippen molar-refractivity contribution in [2.75, 3.05) is 11.5 Å². The molecule has 23 heavy (non-hydrogen) atoms. The van der Waals surface area contributed by atoms with Gasteiger partial charge in [-0.25, -0.2) is 9.80 Å². The Hall–Kier alpha value is -2.22. The molecule has 0 aromatic heterocycles. The molecule has 0 aliphatic carbocycles. The van der Waals surface area contributed by atoms with Crippen molar-refractivity contribution in [1.82, 2.24) is 10.4 Å². The van der Waals surface area contributed by atoms with Crippen LogP contribution in [0.5, 0.6) is 0 Å². The van der Waals surface area contributed by atoms with E-state index in [0.29, 0.717) is 29.8 Å². The Labute approximate surface area is 139 Å². The number of anilines is 1. The van der Waals surface area contributed by atoms with Gasteiger partial charge in [0.25, 0.3) is 0 Å². The summed E-state index contributed by atoms with van der Waals surface area (Å²) in [5, 5.41) is 9.85. The minimum atomic E-state index is -1.36. The zero-order valence-electron chi connectivity index (χ0n) is 12.9. The first kappa shape index (κ1) is 18.8. The molecule has 2 amide bonds. The number of benzene rings is 1. The van der Waals surface area contributed by atoms with Crippen molar-refractivity contribution in [1.29, 1.82) is 0 Å².